The number of carbonyl (C=O) groups excluding carboxylic acids is 2. The Morgan fingerprint density at radius 2 is 1.68 bits per heavy atom. The standard InChI is InChI=1S/C31H36ClN3O3/c1-31(29(33)36,17-24-18-34-27-5-3-2-4-26(24)27)35(11-10-19-6-8-25(32)9-7-19)30(37)38-28-22-13-20-12-21(15-22)16-23(28)14-20/h2-9,18,20-23,28,34H,10-17H2,1H3,(H2,33,36). The van der Waals surface area contributed by atoms with Crippen LogP contribution in [0.4, 0.5) is 4.79 Å². The monoisotopic (exact) mass is 533 g/mol. The van der Waals surface area contributed by atoms with Gasteiger partial charge in [-0.25, -0.2) is 4.79 Å². The van der Waals surface area contributed by atoms with E-state index < -0.39 is 17.5 Å². The molecular weight excluding hydrogens is 498 g/mol. The minimum absolute atomic E-state index is 0.0708. The molecule has 6 nitrogen and oxygen atoms in total. The largest absolute Gasteiger partial charge is 0.445 e. The van der Waals surface area contributed by atoms with Crippen molar-refractivity contribution in [2.45, 2.75) is 63.5 Å². The van der Waals surface area contributed by atoms with Crippen molar-refractivity contribution in [3.05, 3.63) is 70.9 Å². The highest BCUT2D eigenvalue weighted by Crippen LogP contribution is 2.54. The van der Waals surface area contributed by atoms with Crippen LogP contribution in [0.15, 0.2) is 54.7 Å². The Morgan fingerprint density at radius 1 is 1.03 bits per heavy atom. The van der Waals surface area contributed by atoms with Crippen LogP contribution in [-0.2, 0) is 22.4 Å². The van der Waals surface area contributed by atoms with Gasteiger partial charge in [0, 0.05) is 35.1 Å². The van der Waals surface area contributed by atoms with Crippen molar-refractivity contribution in [2.24, 2.45) is 29.4 Å². The van der Waals surface area contributed by atoms with E-state index in [-0.39, 0.29) is 6.10 Å². The van der Waals surface area contributed by atoms with E-state index in [9.17, 15) is 9.59 Å². The molecule has 4 saturated carbocycles. The molecule has 4 aliphatic rings. The fraction of sp³-hybridized carbons (Fsp3) is 0.484. The van der Waals surface area contributed by atoms with E-state index in [0.717, 1.165) is 59.5 Å². The first kappa shape index (κ1) is 25.3. The van der Waals surface area contributed by atoms with Gasteiger partial charge < -0.3 is 15.5 Å². The van der Waals surface area contributed by atoms with E-state index in [1.54, 1.807) is 11.8 Å². The van der Waals surface area contributed by atoms with Crippen LogP contribution in [0, 0.1) is 23.7 Å². The summed E-state index contributed by atoms with van der Waals surface area (Å²) >= 11 is 6.09. The van der Waals surface area contributed by atoms with Gasteiger partial charge >= 0.3 is 6.09 Å². The van der Waals surface area contributed by atoms with Crippen LogP contribution in [0.2, 0.25) is 5.02 Å². The van der Waals surface area contributed by atoms with Gasteiger partial charge in [-0.3, -0.25) is 9.69 Å². The fourth-order valence-corrected chi connectivity index (χ4v) is 7.77. The second kappa shape index (κ2) is 9.96. The molecule has 4 aliphatic carbocycles. The summed E-state index contributed by atoms with van der Waals surface area (Å²) in [4.78, 5) is 32.1. The number of rotatable bonds is 8. The second-order valence-electron chi connectivity index (χ2n) is 12.0. The van der Waals surface area contributed by atoms with Gasteiger partial charge in [0.2, 0.25) is 5.91 Å². The molecule has 2 amide bonds. The number of fused-ring (bicyclic) bond motifs is 1. The molecule has 0 radical (unpaired) electrons. The summed E-state index contributed by atoms with van der Waals surface area (Å²) in [5.41, 5.74) is 7.79. The van der Waals surface area contributed by atoms with Crippen LogP contribution in [0.5, 0.6) is 0 Å². The lowest BCUT2D eigenvalue weighted by molar-refractivity contribution is -0.132. The first-order chi connectivity index (χ1) is 18.3. The van der Waals surface area contributed by atoms with E-state index in [0.29, 0.717) is 36.2 Å². The van der Waals surface area contributed by atoms with E-state index in [2.05, 4.69) is 4.98 Å². The van der Waals surface area contributed by atoms with Crippen molar-refractivity contribution < 1.29 is 14.3 Å². The van der Waals surface area contributed by atoms with Gasteiger partial charge in [-0.1, -0.05) is 41.9 Å². The molecular formula is C31H36ClN3O3. The lowest BCUT2D eigenvalue weighted by atomic mass is 9.55. The summed E-state index contributed by atoms with van der Waals surface area (Å²) in [5.74, 6) is 1.89. The molecule has 200 valence electrons. The highest BCUT2D eigenvalue weighted by molar-refractivity contribution is 6.30. The van der Waals surface area contributed by atoms with Crippen molar-refractivity contribution in [2.75, 3.05) is 6.54 Å². The number of aromatic nitrogens is 1. The Kier molecular flexibility index (Phi) is 6.63. The minimum Gasteiger partial charge on any atom is -0.445 e. The number of para-hydroxylation sites is 1. The molecule has 1 heterocycles. The normalized spacial score (nSPS) is 27.3. The predicted molar refractivity (Wildman–Crippen MR) is 149 cm³/mol. The second-order valence-corrected chi connectivity index (χ2v) is 12.4. The number of benzene rings is 2. The minimum atomic E-state index is -1.26. The van der Waals surface area contributed by atoms with Crippen molar-refractivity contribution >= 4 is 34.5 Å². The van der Waals surface area contributed by atoms with Crippen molar-refractivity contribution in [1.29, 1.82) is 0 Å². The molecule has 1 atom stereocenters. The Morgan fingerprint density at radius 3 is 2.34 bits per heavy atom. The number of amides is 2. The average molecular weight is 534 g/mol. The van der Waals surface area contributed by atoms with Crippen LogP contribution in [0.1, 0.15) is 50.2 Å². The number of hydrogen-bond donors (Lipinski definition) is 2. The summed E-state index contributed by atoms with van der Waals surface area (Å²) in [6.07, 6.45) is 8.20. The molecule has 7 heteroatoms. The summed E-state index contributed by atoms with van der Waals surface area (Å²) in [6, 6.07) is 15.5. The third-order valence-electron chi connectivity index (χ3n) is 9.47. The summed E-state index contributed by atoms with van der Waals surface area (Å²) in [5, 5.41) is 1.68. The molecule has 7 rings (SSSR count). The van der Waals surface area contributed by atoms with Gasteiger partial charge in [-0.05, 0) is 98.4 Å². The zero-order valence-corrected chi connectivity index (χ0v) is 22.6. The number of carbonyl (C=O) groups is 2. The predicted octanol–water partition coefficient (Wildman–Crippen LogP) is 6.11. The van der Waals surface area contributed by atoms with Crippen LogP contribution in [-0.4, -0.2) is 40.1 Å². The summed E-state index contributed by atoms with van der Waals surface area (Å²) < 4.78 is 6.35. The highest BCUT2D eigenvalue weighted by Gasteiger charge is 2.51. The number of nitrogens with zero attached hydrogens (tertiary/aromatic N) is 1. The lowest BCUT2D eigenvalue weighted by Crippen LogP contribution is -2.61. The van der Waals surface area contributed by atoms with Crippen LogP contribution in [0.25, 0.3) is 10.9 Å². The molecule has 1 aromatic heterocycles. The van der Waals surface area contributed by atoms with Gasteiger partial charge in [-0.2, -0.15) is 0 Å². The third-order valence-corrected chi connectivity index (χ3v) is 9.72. The maximum Gasteiger partial charge on any atom is 0.410 e. The number of ether oxygens (including phenoxy) is 1. The lowest BCUT2D eigenvalue weighted by Gasteiger charge is -2.54. The van der Waals surface area contributed by atoms with Crippen molar-refractivity contribution in [3.63, 3.8) is 0 Å². The number of hydrogen-bond acceptors (Lipinski definition) is 3. The quantitative estimate of drug-likeness (QED) is 0.366. The Hall–Kier alpha value is -2.99. The van der Waals surface area contributed by atoms with Gasteiger partial charge in [-0.15, -0.1) is 0 Å². The molecule has 1 unspecified atom stereocenters. The first-order valence-corrected chi connectivity index (χ1v) is 14.3. The Bertz CT molecular complexity index is 1310. The highest BCUT2D eigenvalue weighted by atomic mass is 35.5. The van der Waals surface area contributed by atoms with Crippen molar-refractivity contribution in [1.82, 2.24) is 9.88 Å². The molecule has 4 fully saturated rings. The molecule has 2 aromatic carbocycles. The topological polar surface area (TPSA) is 88.4 Å². The number of H-pyrrole nitrogens is 1. The molecule has 3 aromatic rings. The van der Waals surface area contributed by atoms with Gasteiger partial charge in [0.15, 0.2) is 0 Å². The van der Waals surface area contributed by atoms with Crippen LogP contribution < -0.4 is 5.73 Å². The molecule has 38 heavy (non-hydrogen) atoms. The van der Waals surface area contributed by atoms with E-state index in [1.807, 2.05) is 54.7 Å². The maximum absolute atomic E-state index is 14.0. The zero-order chi connectivity index (χ0) is 26.4. The fourth-order valence-electron chi connectivity index (χ4n) is 7.64. The Balaban J connectivity index is 1.29. The van der Waals surface area contributed by atoms with E-state index in [1.165, 1.54) is 6.42 Å². The number of nitrogens with two attached hydrogens (primary N) is 1. The molecule has 0 saturated heterocycles. The SMILES string of the molecule is CC(Cc1c[nH]c2ccccc12)(C(N)=O)N(CCc1ccc(Cl)cc1)C(=O)OC1C2CC3CC(C2)CC1C3. The van der Waals surface area contributed by atoms with Gasteiger partial charge in [0.05, 0.1) is 0 Å². The van der Waals surface area contributed by atoms with E-state index >= 15 is 0 Å². The van der Waals surface area contributed by atoms with E-state index in [4.69, 9.17) is 22.1 Å². The van der Waals surface area contributed by atoms with Gasteiger partial charge in [0.1, 0.15) is 11.6 Å². The zero-order valence-electron chi connectivity index (χ0n) is 21.9. The van der Waals surface area contributed by atoms with Gasteiger partial charge in [0.25, 0.3) is 0 Å². The third kappa shape index (κ3) is 4.68. The number of primary amides is 1. The number of aromatic amines is 1. The Labute approximate surface area is 228 Å². The molecule has 0 spiro atoms. The number of nitrogens with one attached hydrogen (secondary N) is 1. The van der Waals surface area contributed by atoms with Crippen molar-refractivity contribution in [3.8, 4) is 0 Å². The first-order valence-electron chi connectivity index (χ1n) is 13.9. The summed E-state index contributed by atoms with van der Waals surface area (Å²) in [6.45, 7) is 2.09. The van der Waals surface area contributed by atoms with Crippen LogP contribution in [0.3, 0.4) is 0 Å². The average Bonchev–Trinajstić information content (AvgIpc) is 3.29. The number of halogens is 1. The molecule has 3 N–H and O–H groups in total. The van der Waals surface area contributed by atoms with Crippen LogP contribution >= 0.6 is 11.6 Å². The summed E-state index contributed by atoms with van der Waals surface area (Å²) in [7, 11) is 0. The smallest absolute Gasteiger partial charge is 0.410 e. The molecule has 4 bridgehead atoms. The maximum atomic E-state index is 14.0. The molecule has 0 aliphatic heterocycles.